The fraction of sp³-hybridized carbons (Fsp3) is 0.333. The van der Waals surface area contributed by atoms with Crippen molar-refractivity contribution >= 4 is 10.8 Å². The van der Waals surface area contributed by atoms with Gasteiger partial charge in [-0.25, -0.2) is 0 Å². The van der Waals surface area contributed by atoms with E-state index in [1.807, 2.05) is 4.80 Å². The number of piperidine rings is 1. The molecule has 1 unspecified atom stereocenters. The molecule has 2 heterocycles. The number of hydrogen-bond donors (Lipinski definition) is 1. The smallest absolute Gasteiger partial charge is 0.0994 e. The Balaban J connectivity index is 1.78. The van der Waals surface area contributed by atoms with Crippen LogP contribution in [-0.4, -0.2) is 28.1 Å². The molecule has 1 saturated heterocycles. The van der Waals surface area contributed by atoms with E-state index in [2.05, 4.69) is 58.0 Å². The number of hydrogen-bond acceptors (Lipinski definition) is 3. The van der Waals surface area contributed by atoms with E-state index in [1.165, 1.54) is 29.2 Å². The molecule has 1 N–H and O–H groups in total. The van der Waals surface area contributed by atoms with Crippen molar-refractivity contribution in [1.29, 1.82) is 0 Å². The van der Waals surface area contributed by atoms with Gasteiger partial charge in [0.25, 0.3) is 0 Å². The Morgan fingerprint density at radius 1 is 0.955 bits per heavy atom. The third kappa shape index (κ3) is 2.50. The number of fused-ring (bicyclic) bond motifs is 1. The van der Waals surface area contributed by atoms with Crippen molar-refractivity contribution in [3.63, 3.8) is 0 Å². The summed E-state index contributed by atoms with van der Waals surface area (Å²) >= 11 is 0. The molecule has 0 bridgehead atoms. The first-order valence-electron chi connectivity index (χ1n) is 7.97. The van der Waals surface area contributed by atoms with Gasteiger partial charge in [-0.2, -0.15) is 15.0 Å². The highest BCUT2D eigenvalue weighted by Crippen LogP contribution is 2.33. The average molecular weight is 292 g/mol. The van der Waals surface area contributed by atoms with Crippen LogP contribution in [0.4, 0.5) is 0 Å². The lowest BCUT2D eigenvalue weighted by molar-refractivity contribution is 0.260. The molecule has 3 aromatic rings. The summed E-state index contributed by atoms with van der Waals surface area (Å²) in [5, 5.41) is 14.9. The number of aromatic nitrogens is 3. The van der Waals surface area contributed by atoms with Crippen LogP contribution in [0, 0.1) is 5.92 Å². The van der Waals surface area contributed by atoms with Crippen molar-refractivity contribution in [2.75, 3.05) is 13.1 Å². The van der Waals surface area contributed by atoms with Crippen molar-refractivity contribution in [1.82, 2.24) is 20.3 Å². The summed E-state index contributed by atoms with van der Waals surface area (Å²) in [5.74, 6) is 0.579. The number of benzene rings is 2. The van der Waals surface area contributed by atoms with E-state index in [4.69, 9.17) is 0 Å². The average Bonchev–Trinajstić information content (AvgIpc) is 3.10. The summed E-state index contributed by atoms with van der Waals surface area (Å²) in [6.45, 7) is 2.16. The highest BCUT2D eigenvalue weighted by atomic mass is 15.5. The SMILES string of the molecule is c1ccc2cc(C(C3CCNCC3)n3nccn3)ccc2c1. The lowest BCUT2D eigenvalue weighted by atomic mass is 9.85. The van der Waals surface area contributed by atoms with Gasteiger partial charge in [-0.1, -0.05) is 36.4 Å². The lowest BCUT2D eigenvalue weighted by Crippen LogP contribution is -2.34. The van der Waals surface area contributed by atoms with Crippen LogP contribution in [0.15, 0.2) is 54.9 Å². The quantitative estimate of drug-likeness (QED) is 0.807. The van der Waals surface area contributed by atoms with Crippen molar-refractivity contribution in [3.8, 4) is 0 Å². The van der Waals surface area contributed by atoms with Crippen LogP contribution in [0.2, 0.25) is 0 Å². The maximum absolute atomic E-state index is 4.43. The van der Waals surface area contributed by atoms with E-state index in [-0.39, 0.29) is 6.04 Å². The minimum absolute atomic E-state index is 0.224. The zero-order chi connectivity index (χ0) is 14.8. The van der Waals surface area contributed by atoms with Crippen LogP contribution in [0.3, 0.4) is 0 Å². The van der Waals surface area contributed by atoms with Crippen LogP contribution >= 0.6 is 0 Å². The molecule has 22 heavy (non-hydrogen) atoms. The zero-order valence-corrected chi connectivity index (χ0v) is 12.5. The van der Waals surface area contributed by atoms with E-state index in [0.717, 1.165) is 13.1 Å². The van der Waals surface area contributed by atoms with Gasteiger partial charge in [-0.05, 0) is 54.3 Å². The summed E-state index contributed by atoms with van der Waals surface area (Å²) in [6.07, 6.45) is 5.88. The third-order valence-corrected chi connectivity index (χ3v) is 4.63. The van der Waals surface area contributed by atoms with Crippen molar-refractivity contribution in [3.05, 3.63) is 60.4 Å². The first kappa shape index (κ1) is 13.5. The molecule has 0 spiro atoms. The summed E-state index contributed by atoms with van der Waals surface area (Å²) < 4.78 is 0. The van der Waals surface area contributed by atoms with Gasteiger partial charge in [0.15, 0.2) is 0 Å². The predicted octanol–water partition coefficient (Wildman–Crippen LogP) is 3.02. The molecule has 1 fully saturated rings. The van der Waals surface area contributed by atoms with Gasteiger partial charge >= 0.3 is 0 Å². The second-order valence-corrected chi connectivity index (χ2v) is 5.99. The van der Waals surface area contributed by atoms with Crippen LogP contribution in [0.1, 0.15) is 24.4 Å². The molecule has 2 aromatic carbocycles. The van der Waals surface area contributed by atoms with Gasteiger partial charge in [0, 0.05) is 0 Å². The van der Waals surface area contributed by atoms with Gasteiger partial charge in [0.2, 0.25) is 0 Å². The molecule has 1 aliphatic rings. The maximum atomic E-state index is 4.43. The fourth-order valence-electron chi connectivity index (χ4n) is 3.52. The normalized spacial score (nSPS) is 17.6. The zero-order valence-electron chi connectivity index (χ0n) is 12.5. The summed E-state index contributed by atoms with van der Waals surface area (Å²) in [5.41, 5.74) is 1.31. The first-order chi connectivity index (χ1) is 10.9. The second-order valence-electron chi connectivity index (χ2n) is 5.99. The molecular weight excluding hydrogens is 272 g/mol. The Bertz CT molecular complexity index is 745. The lowest BCUT2D eigenvalue weighted by Gasteiger charge is -2.30. The topological polar surface area (TPSA) is 42.7 Å². The molecular formula is C18H20N4. The Kier molecular flexibility index (Phi) is 3.60. The van der Waals surface area contributed by atoms with E-state index >= 15 is 0 Å². The summed E-state index contributed by atoms with van der Waals surface area (Å²) in [7, 11) is 0. The van der Waals surface area contributed by atoms with E-state index in [0.29, 0.717) is 5.92 Å². The molecule has 0 radical (unpaired) electrons. The highest BCUT2D eigenvalue weighted by molar-refractivity contribution is 5.83. The first-order valence-corrected chi connectivity index (χ1v) is 7.97. The second kappa shape index (κ2) is 5.89. The molecule has 4 heteroatoms. The number of rotatable bonds is 3. The Morgan fingerprint density at radius 2 is 1.68 bits per heavy atom. The van der Waals surface area contributed by atoms with Crippen molar-refractivity contribution in [2.45, 2.75) is 18.9 Å². The van der Waals surface area contributed by atoms with Gasteiger partial charge in [-0.15, -0.1) is 0 Å². The minimum atomic E-state index is 0.224. The molecule has 1 atom stereocenters. The molecule has 1 aliphatic heterocycles. The monoisotopic (exact) mass is 292 g/mol. The Labute approximate surface area is 130 Å². The molecule has 112 valence electrons. The van der Waals surface area contributed by atoms with Crippen LogP contribution < -0.4 is 5.32 Å². The highest BCUT2D eigenvalue weighted by Gasteiger charge is 2.27. The summed E-state index contributed by atoms with van der Waals surface area (Å²) in [6, 6.07) is 15.5. The minimum Gasteiger partial charge on any atom is -0.317 e. The van der Waals surface area contributed by atoms with Crippen molar-refractivity contribution in [2.24, 2.45) is 5.92 Å². The molecule has 4 rings (SSSR count). The third-order valence-electron chi connectivity index (χ3n) is 4.63. The van der Waals surface area contributed by atoms with Gasteiger partial charge in [0.1, 0.15) is 0 Å². The Morgan fingerprint density at radius 3 is 2.45 bits per heavy atom. The Hall–Kier alpha value is -2.20. The van der Waals surface area contributed by atoms with Gasteiger partial charge in [-0.3, -0.25) is 0 Å². The maximum Gasteiger partial charge on any atom is 0.0994 e. The van der Waals surface area contributed by atoms with Gasteiger partial charge in [0.05, 0.1) is 18.4 Å². The van der Waals surface area contributed by atoms with Crippen LogP contribution in [-0.2, 0) is 0 Å². The predicted molar refractivity (Wildman–Crippen MR) is 87.7 cm³/mol. The molecule has 1 aromatic heterocycles. The number of nitrogens with zero attached hydrogens (tertiary/aromatic N) is 3. The molecule has 4 nitrogen and oxygen atoms in total. The summed E-state index contributed by atoms with van der Waals surface area (Å²) in [4.78, 5) is 1.89. The standard InChI is InChI=1S/C18H20N4/c1-2-4-16-13-17(6-5-14(16)3-1)18(22-20-11-12-21-22)15-7-9-19-10-8-15/h1-6,11-13,15,18-19H,7-10H2. The molecule has 0 amide bonds. The number of nitrogens with one attached hydrogen (secondary N) is 1. The fourth-order valence-corrected chi connectivity index (χ4v) is 3.52. The van der Waals surface area contributed by atoms with Crippen LogP contribution in [0.5, 0.6) is 0 Å². The molecule has 0 saturated carbocycles. The van der Waals surface area contributed by atoms with E-state index in [1.54, 1.807) is 12.4 Å². The largest absolute Gasteiger partial charge is 0.317 e. The van der Waals surface area contributed by atoms with Gasteiger partial charge < -0.3 is 5.32 Å². The van der Waals surface area contributed by atoms with E-state index < -0.39 is 0 Å². The van der Waals surface area contributed by atoms with Crippen molar-refractivity contribution < 1.29 is 0 Å². The molecule has 0 aliphatic carbocycles. The van der Waals surface area contributed by atoms with E-state index in [9.17, 15) is 0 Å². The van der Waals surface area contributed by atoms with Crippen LogP contribution in [0.25, 0.3) is 10.8 Å².